The van der Waals surface area contributed by atoms with Gasteiger partial charge in [-0.25, -0.2) is 13.8 Å². The van der Waals surface area contributed by atoms with Gasteiger partial charge in [0.1, 0.15) is 5.69 Å². The highest BCUT2D eigenvalue weighted by Gasteiger charge is 2.18. The zero-order valence-electron chi connectivity index (χ0n) is 8.20. The topological polar surface area (TPSA) is 68.4 Å². The Hall–Kier alpha value is -1.27. The molecule has 84 valence electrons. The van der Waals surface area contributed by atoms with Crippen LogP contribution >= 0.6 is 0 Å². The maximum absolute atomic E-state index is 12.5. The van der Waals surface area contributed by atoms with Crippen LogP contribution < -0.4 is 10.5 Å². The van der Waals surface area contributed by atoms with Crippen LogP contribution in [0.4, 0.5) is 8.78 Å². The van der Waals surface area contributed by atoms with Gasteiger partial charge in [-0.2, -0.15) is 0 Å². The second-order valence-electron chi connectivity index (χ2n) is 2.86. The average molecular weight is 218 g/mol. The number of aliphatic hydroxyl groups excluding tert-OH is 1. The van der Waals surface area contributed by atoms with Crippen molar-refractivity contribution in [2.75, 3.05) is 7.11 Å². The number of nitrogens with zero attached hydrogens (tertiary/aromatic N) is 1. The minimum absolute atomic E-state index is 0.00463. The van der Waals surface area contributed by atoms with Crippen molar-refractivity contribution in [1.29, 1.82) is 0 Å². The number of nitrogens with two attached hydrogens (primary N) is 1. The summed E-state index contributed by atoms with van der Waals surface area (Å²) in [6.07, 6.45) is -2.70. The van der Waals surface area contributed by atoms with Crippen molar-refractivity contribution in [3.8, 4) is 5.88 Å². The van der Waals surface area contributed by atoms with Gasteiger partial charge >= 0.3 is 0 Å². The third kappa shape index (κ3) is 2.40. The predicted molar refractivity (Wildman–Crippen MR) is 49.6 cm³/mol. The first kappa shape index (κ1) is 11.8. The summed E-state index contributed by atoms with van der Waals surface area (Å²) in [5.74, 6) is 0.00463. The van der Waals surface area contributed by atoms with Crippen LogP contribution in [0.1, 0.15) is 23.2 Å². The molecule has 1 rings (SSSR count). The van der Waals surface area contributed by atoms with Crippen molar-refractivity contribution < 1.29 is 18.6 Å². The number of ether oxygens (including phenoxy) is 1. The normalized spacial score (nSPS) is 10.8. The van der Waals surface area contributed by atoms with E-state index < -0.39 is 12.1 Å². The molecule has 0 atom stereocenters. The Labute approximate surface area is 85.7 Å². The van der Waals surface area contributed by atoms with Crippen molar-refractivity contribution in [3.63, 3.8) is 0 Å². The standard InChI is InChI=1S/C9H12F2N2O2/c1-15-9-6(4-14)2-5(3-12)7(13-9)8(10)11/h2,8,14H,3-4,12H2,1H3. The van der Waals surface area contributed by atoms with Crippen LogP contribution in [-0.4, -0.2) is 17.2 Å². The molecule has 0 saturated carbocycles. The van der Waals surface area contributed by atoms with Gasteiger partial charge in [0, 0.05) is 12.1 Å². The fraction of sp³-hybridized carbons (Fsp3) is 0.444. The van der Waals surface area contributed by atoms with E-state index in [2.05, 4.69) is 4.98 Å². The van der Waals surface area contributed by atoms with E-state index in [0.717, 1.165) is 0 Å². The molecule has 0 spiro atoms. The summed E-state index contributed by atoms with van der Waals surface area (Å²) in [5.41, 5.74) is 5.48. The van der Waals surface area contributed by atoms with E-state index in [4.69, 9.17) is 15.6 Å². The maximum atomic E-state index is 12.5. The number of pyridine rings is 1. The summed E-state index contributed by atoms with van der Waals surface area (Å²) in [7, 11) is 1.30. The van der Waals surface area contributed by atoms with E-state index in [-0.39, 0.29) is 24.6 Å². The first-order valence-electron chi connectivity index (χ1n) is 4.29. The van der Waals surface area contributed by atoms with Gasteiger partial charge in [0.2, 0.25) is 5.88 Å². The minimum atomic E-state index is -2.70. The SMILES string of the molecule is COc1nc(C(F)F)c(CN)cc1CO. The molecule has 6 heteroatoms. The number of hydrogen-bond acceptors (Lipinski definition) is 4. The van der Waals surface area contributed by atoms with Gasteiger partial charge in [0.15, 0.2) is 0 Å². The number of aliphatic hydroxyl groups is 1. The van der Waals surface area contributed by atoms with Crippen LogP contribution in [0.25, 0.3) is 0 Å². The summed E-state index contributed by atoms with van der Waals surface area (Å²) >= 11 is 0. The highest BCUT2D eigenvalue weighted by atomic mass is 19.3. The highest BCUT2D eigenvalue weighted by Crippen LogP contribution is 2.26. The number of methoxy groups -OCH3 is 1. The lowest BCUT2D eigenvalue weighted by atomic mass is 10.1. The third-order valence-corrected chi connectivity index (χ3v) is 1.96. The van der Waals surface area contributed by atoms with Crippen LogP contribution in [0.5, 0.6) is 5.88 Å². The van der Waals surface area contributed by atoms with E-state index >= 15 is 0 Å². The molecule has 0 amide bonds. The molecule has 0 saturated heterocycles. The van der Waals surface area contributed by atoms with Gasteiger partial charge < -0.3 is 15.6 Å². The Morgan fingerprint density at radius 3 is 2.60 bits per heavy atom. The lowest BCUT2D eigenvalue weighted by molar-refractivity contribution is 0.143. The second-order valence-corrected chi connectivity index (χ2v) is 2.86. The molecule has 0 aliphatic carbocycles. The Bertz CT molecular complexity index is 345. The lowest BCUT2D eigenvalue weighted by Crippen LogP contribution is -2.08. The molecule has 3 N–H and O–H groups in total. The van der Waals surface area contributed by atoms with Gasteiger partial charge in [-0.05, 0) is 11.6 Å². The summed E-state index contributed by atoms with van der Waals surface area (Å²) in [6.45, 7) is -0.379. The third-order valence-electron chi connectivity index (χ3n) is 1.96. The van der Waals surface area contributed by atoms with Crippen molar-refractivity contribution in [2.24, 2.45) is 5.73 Å². The van der Waals surface area contributed by atoms with Crippen LogP contribution in [0.15, 0.2) is 6.07 Å². The van der Waals surface area contributed by atoms with E-state index in [1.54, 1.807) is 0 Å². The predicted octanol–water partition coefficient (Wildman–Crippen LogP) is 0.979. The van der Waals surface area contributed by atoms with Crippen LogP contribution in [0.2, 0.25) is 0 Å². The lowest BCUT2D eigenvalue weighted by Gasteiger charge is -2.11. The van der Waals surface area contributed by atoms with E-state index in [1.165, 1.54) is 13.2 Å². The molecule has 15 heavy (non-hydrogen) atoms. The van der Waals surface area contributed by atoms with Crippen molar-refractivity contribution >= 4 is 0 Å². The molecule has 0 aliphatic rings. The largest absolute Gasteiger partial charge is 0.481 e. The monoisotopic (exact) mass is 218 g/mol. The zero-order valence-corrected chi connectivity index (χ0v) is 8.20. The smallest absolute Gasteiger partial charge is 0.280 e. The number of alkyl halides is 2. The molecular formula is C9H12F2N2O2. The Morgan fingerprint density at radius 2 is 2.20 bits per heavy atom. The summed E-state index contributed by atoms with van der Waals surface area (Å²) in [6, 6.07) is 1.38. The zero-order chi connectivity index (χ0) is 11.4. The average Bonchev–Trinajstić information content (AvgIpc) is 2.26. The number of aromatic nitrogens is 1. The van der Waals surface area contributed by atoms with Gasteiger partial charge in [-0.15, -0.1) is 0 Å². The first-order chi connectivity index (χ1) is 7.13. The van der Waals surface area contributed by atoms with E-state index in [0.29, 0.717) is 5.56 Å². The van der Waals surface area contributed by atoms with E-state index in [9.17, 15) is 8.78 Å². The second kappa shape index (κ2) is 4.99. The van der Waals surface area contributed by atoms with Gasteiger partial charge in [-0.3, -0.25) is 0 Å². The molecule has 0 radical (unpaired) electrons. The summed E-state index contributed by atoms with van der Waals surface area (Å²) in [4.78, 5) is 3.62. The molecule has 0 aromatic carbocycles. The molecule has 0 fully saturated rings. The van der Waals surface area contributed by atoms with Crippen LogP contribution in [0.3, 0.4) is 0 Å². The Morgan fingerprint density at radius 1 is 1.53 bits per heavy atom. The van der Waals surface area contributed by atoms with Crippen LogP contribution in [0, 0.1) is 0 Å². The highest BCUT2D eigenvalue weighted by molar-refractivity contribution is 5.34. The molecule has 1 heterocycles. The Balaban J connectivity index is 3.27. The molecule has 0 bridgehead atoms. The first-order valence-corrected chi connectivity index (χ1v) is 4.29. The van der Waals surface area contributed by atoms with E-state index in [1.807, 2.05) is 0 Å². The van der Waals surface area contributed by atoms with Crippen molar-refractivity contribution in [1.82, 2.24) is 4.98 Å². The molecule has 0 unspecified atom stereocenters. The molecule has 1 aromatic rings. The van der Waals surface area contributed by atoms with Gasteiger partial charge in [-0.1, -0.05) is 0 Å². The fourth-order valence-corrected chi connectivity index (χ4v) is 1.24. The van der Waals surface area contributed by atoms with Crippen molar-refractivity contribution in [3.05, 3.63) is 22.9 Å². The van der Waals surface area contributed by atoms with Crippen LogP contribution in [-0.2, 0) is 13.2 Å². The molecular weight excluding hydrogens is 206 g/mol. The fourth-order valence-electron chi connectivity index (χ4n) is 1.24. The summed E-state index contributed by atoms with van der Waals surface area (Å²) in [5, 5.41) is 8.95. The summed E-state index contributed by atoms with van der Waals surface area (Å²) < 4.78 is 29.8. The van der Waals surface area contributed by atoms with Gasteiger partial charge in [0.25, 0.3) is 6.43 Å². The van der Waals surface area contributed by atoms with Crippen molar-refractivity contribution in [2.45, 2.75) is 19.6 Å². The molecule has 4 nitrogen and oxygen atoms in total. The molecule has 0 aliphatic heterocycles. The van der Waals surface area contributed by atoms with Gasteiger partial charge in [0.05, 0.1) is 13.7 Å². The quantitative estimate of drug-likeness (QED) is 0.790. The Kier molecular flexibility index (Phi) is 3.93. The number of hydrogen-bond donors (Lipinski definition) is 2. The maximum Gasteiger partial charge on any atom is 0.280 e. The minimum Gasteiger partial charge on any atom is -0.481 e. The number of halogens is 2. The number of rotatable bonds is 4. The molecule has 1 aromatic heterocycles.